The topological polar surface area (TPSA) is 70.5 Å². The first-order valence-corrected chi connectivity index (χ1v) is 10.1. The highest BCUT2D eigenvalue weighted by molar-refractivity contribution is 5.98. The van der Waals surface area contributed by atoms with Gasteiger partial charge in [0.1, 0.15) is 11.5 Å². The number of halogens is 1. The summed E-state index contributed by atoms with van der Waals surface area (Å²) >= 11 is 0. The highest BCUT2D eigenvalue weighted by Crippen LogP contribution is 2.17. The van der Waals surface area contributed by atoms with Gasteiger partial charge in [-0.2, -0.15) is 5.10 Å². The zero-order chi connectivity index (χ0) is 20.8. The molecule has 0 unspecified atom stereocenters. The Balaban J connectivity index is 1.66. The monoisotopic (exact) mass is 401 g/mol. The minimum atomic E-state index is -0.300. The third-order valence-corrected chi connectivity index (χ3v) is 5.21. The van der Waals surface area contributed by atoms with E-state index in [9.17, 15) is 14.0 Å². The third kappa shape index (κ3) is 5.20. The lowest BCUT2D eigenvalue weighted by molar-refractivity contribution is 0.0745. The van der Waals surface area contributed by atoms with Gasteiger partial charge in [-0.1, -0.05) is 26.0 Å². The molecule has 2 aromatic rings. The van der Waals surface area contributed by atoms with Crippen LogP contribution in [0.1, 0.15) is 46.8 Å². The average Bonchev–Trinajstić information content (AvgIpc) is 3.10. The van der Waals surface area contributed by atoms with Crippen LogP contribution in [0.15, 0.2) is 30.3 Å². The molecule has 0 bridgehead atoms. The SMILES string of the molecule is CCN(CC)CCNC(=O)c1cc2n(n1)CCCN(Cc1ccc(F)cc1)C2=O. The van der Waals surface area contributed by atoms with Crippen LogP contribution >= 0.6 is 0 Å². The number of amides is 2. The molecule has 0 fully saturated rings. The van der Waals surface area contributed by atoms with E-state index in [4.69, 9.17) is 0 Å². The third-order valence-electron chi connectivity index (χ3n) is 5.21. The summed E-state index contributed by atoms with van der Waals surface area (Å²) in [4.78, 5) is 29.4. The van der Waals surface area contributed by atoms with Crippen molar-refractivity contribution < 1.29 is 14.0 Å². The summed E-state index contributed by atoms with van der Waals surface area (Å²) in [5.41, 5.74) is 1.54. The number of aryl methyl sites for hydroxylation is 1. The number of benzene rings is 1. The van der Waals surface area contributed by atoms with Crippen LogP contribution in [0, 0.1) is 5.82 Å². The van der Waals surface area contributed by atoms with Gasteiger partial charge >= 0.3 is 0 Å². The van der Waals surface area contributed by atoms with Crippen molar-refractivity contribution in [2.24, 2.45) is 0 Å². The maximum atomic E-state index is 13.1. The van der Waals surface area contributed by atoms with Gasteiger partial charge in [0.2, 0.25) is 0 Å². The molecule has 2 amide bonds. The molecule has 3 rings (SSSR count). The molecule has 8 heteroatoms. The van der Waals surface area contributed by atoms with Crippen molar-refractivity contribution in [1.29, 1.82) is 0 Å². The average molecular weight is 401 g/mol. The molecule has 29 heavy (non-hydrogen) atoms. The summed E-state index contributed by atoms with van der Waals surface area (Å²) in [5.74, 6) is -0.734. The van der Waals surface area contributed by atoms with Crippen molar-refractivity contribution in [1.82, 2.24) is 24.9 Å². The highest BCUT2D eigenvalue weighted by atomic mass is 19.1. The molecule has 156 valence electrons. The van der Waals surface area contributed by atoms with Gasteiger partial charge in [-0.15, -0.1) is 0 Å². The maximum Gasteiger partial charge on any atom is 0.272 e. The predicted octanol–water partition coefficient (Wildman–Crippen LogP) is 2.14. The van der Waals surface area contributed by atoms with Crippen molar-refractivity contribution in [3.63, 3.8) is 0 Å². The first-order chi connectivity index (χ1) is 14.0. The van der Waals surface area contributed by atoms with Gasteiger partial charge in [-0.05, 0) is 37.2 Å². The molecule has 0 atom stereocenters. The zero-order valence-corrected chi connectivity index (χ0v) is 17.0. The summed E-state index contributed by atoms with van der Waals surface area (Å²) in [6.07, 6.45) is 0.741. The van der Waals surface area contributed by atoms with E-state index < -0.39 is 0 Å². The molecule has 2 heterocycles. The van der Waals surface area contributed by atoms with Crippen molar-refractivity contribution >= 4 is 11.8 Å². The van der Waals surface area contributed by atoms with Crippen molar-refractivity contribution in [3.8, 4) is 0 Å². The molecule has 1 aliphatic rings. The first kappa shape index (κ1) is 21.0. The summed E-state index contributed by atoms with van der Waals surface area (Å²) in [5, 5.41) is 7.22. The Hall–Kier alpha value is -2.74. The van der Waals surface area contributed by atoms with E-state index in [0.29, 0.717) is 31.9 Å². The predicted molar refractivity (Wildman–Crippen MR) is 108 cm³/mol. The van der Waals surface area contributed by atoms with Crippen molar-refractivity contribution in [2.75, 3.05) is 32.7 Å². The van der Waals surface area contributed by atoms with E-state index in [2.05, 4.69) is 29.2 Å². The number of rotatable bonds is 8. The molecule has 0 radical (unpaired) electrons. The molecule has 1 aromatic heterocycles. The van der Waals surface area contributed by atoms with Crippen molar-refractivity contribution in [2.45, 2.75) is 33.4 Å². The molecule has 1 N–H and O–H groups in total. The Morgan fingerprint density at radius 3 is 2.62 bits per heavy atom. The lowest BCUT2D eigenvalue weighted by atomic mass is 10.2. The second-order valence-corrected chi connectivity index (χ2v) is 7.13. The molecule has 1 aromatic carbocycles. The molecule has 0 aliphatic carbocycles. The number of nitrogens with zero attached hydrogens (tertiary/aromatic N) is 4. The minimum Gasteiger partial charge on any atom is -0.349 e. The number of carbonyl (C=O) groups excluding carboxylic acids is 2. The van der Waals surface area contributed by atoms with Crippen LogP contribution in [0.4, 0.5) is 4.39 Å². The van der Waals surface area contributed by atoms with Crippen LogP contribution in [0.25, 0.3) is 0 Å². The van der Waals surface area contributed by atoms with Crippen LogP contribution < -0.4 is 5.32 Å². The molecular formula is C21H28FN5O2. The van der Waals surface area contributed by atoms with E-state index in [1.807, 2.05) is 0 Å². The van der Waals surface area contributed by atoms with Crippen LogP contribution in [0.2, 0.25) is 0 Å². The minimum absolute atomic E-state index is 0.165. The second kappa shape index (κ2) is 9.65. The number of hydrogen-bond acceptors (Lipinski definition) is 4. The van der Waals surface area contributed by atoms with Gasteiger partial charge < -0.3 is 15.1 Å². The lowest BCUT2D eigenvalue weighted by Crippen LogP contribution is -2.35. The van der Waals surface area contributed by atoms with Crippen molar-refractivity contribution in [3.05, 3.63) is 53.1 Å². The smallest absolute Gasteiger partial charge is 0.272 e. The van der Waals surface area contributed by atoms with Gasteiger partial charge in [0, 0.05) is 38.8 Å². The normalized spacial score (nSPS) is 14.1. The number of aromatic nitrogens is 2. The Bertz CT molecular complexity index is 845. The van der Waals surface area contributed by atoms with E-state index in [-0.39, 0.29) is 23.3 Å². The molecule has 7 nitrogen and oxygen atoms in total. The van der Waals surface area contributed by atoms with Gasteiger partial charge in [0.25, 0.3) is 11.8 Å². The summed E-state index contributed by atoms with van der Waals surface area (Å²) in [6, 6.07) is 7.71. The van der Waals surface area contributed by atoms with E-state index in [1.165, 1.54) is 12.1 Å². The van der Waals surface area contributed by atoms with Gasteiger partial charge in [0.05, 0.1) is 0 Å². The van der Waals surface area contributed by atoms with Crippen LogP contribution in [-0.4, -0.2) is 64.1 Å². The number of carbonyl (C=O) groups is 2. The fraction of sp³-hybridized carbons (Fsp3) is 0.476. The Morgan fingerprint density at radius 1 is 1.21 bits per heavy atom. The van der Waals surface area contributed by atoms with Gasteiger partial charge in [-0.3, -0.25) is 14.3 Å². The number of hydrogen-bond donors (Lipinski definition) is 1. The second-order valence-electron chi connectivity index (χ2n) is 7.13. The number of fused-ring (bicyclic) bond motifs is 1. The Labute approximate surface area is 170 Å². The van der Waals surface area contributed by atoms with Crippen LogP contribution in [0.3, 0.4) is 0 Å². The van der Waals surface area contributed by atoms with Crippen LogP contribution in [0.5, 0.6) is 0 Å². The fourth-order valence-electron chi connectivity index (χ4n) is 3.46. The molecule has 0 saturated heterocycles. The Kier molecular flexibility index (Phi) is 6.98. The Morgan fingerprint density at radius 2 is 1.93 bits per heavy atom. The molecule has 1 aliphatic heterocycles. The van der Waals surface area contributed by atoms with Gasteiger partial charge in [-0.25, -0.2) is 4.39 Å². The van der Waals surface area contributed by atoms with Crippen LogP contribution in [-0.2, 0) is 13.1 Å². The van der Waals surface area contributed by atoms with E-state index >= 15 is 0 Å². The van der Waals surface area contributed by atoms with Gasteiger partial charge in [0.15, 0.2) is 5.69 Å². The van der Waals surface area contributed by atoms with E-state index in [1.54, 1.807) is 27.8 Å². The standard InChI is InChI=1S/C21H28FN5O2/c1-3-25(4-2)13-10-23-20(28)18-14-19-21(29)26(11-5-12-27(19)24-18)15-16-6-8-17(22)9-7-16/h6-9,14H,3-5,10-13,15H2,1-2H3,(H,23,28). The lowest BCUT2D eigenvalue weighted by Gasteiger charge is -2.20. The summed E-state index contributed by atoms with van der Waals surface area (Å²) in [6.45, 7) is 8.91. The summed E-state index contributed by atoms with van der Waals surface area (Å²) in [7, 11) is 0. The number of likely N-dealkylation sites (N-methyl/N-ethyl adjacent to an activating group) is 1. The van der Waals surface area contributed by atoms with E-state index in [0.717, 1.165) is 31.6 Å². The maximum absolute atomic E-state index is 13.1. The fourth-order valence-corrected chi connectivity index (χ4v) is 3.46. The highest BCUT2D eigenvalue weighted by Gasteiger charge is 2.26. The first-order valence-electron chi connectivity index (χ1n) is 10.1. The quantitative estimate of drug-likeness (QED) is 0.736. The zero-order valence-electron chi connectivity index (χ0n) is 17.0. The molecule has 0 spiro atoms. The molecule has 0 saturated carbocycles. The summed E-state index contributed by atoms with van der Waals surface area (Å²) < 4.78 is 14.7. The largest absolute Gasteiger partial charge is 0.349 e. The molecular weight excluding hydrogens is 373 g/mol. The number of nitrogens with one attached hydrogen (secondary N) is 1.